The van der Waals surface area contributed by atoms with Crippen LogP contribution in [0, 0.1) is 6.92 Å². The van der Waals surface area contributed by atoms with E-state index in [0.717, 1.165) is 22.2 Å². The zero-order chi connectivity index (χ0) is 22.7. The van der Waals surface area contributed by atoms with Crippen LogP contribution in [0.1, 0.15) is 30.7 Å². The van der Waals surface area contributed by atoms with Crippen molar-refractivity contribution in [2.75, 3.05) is 13.1 Å². The van der Waals surface area contributed by atoms with E-state index in [9.17, 15) is 8.42 Å². The van der Waals surface area contributed by atoms with Crippen LogP contribution in [0.2, 0.25) is 0 Å². The molecular formula is C24H27N3O3S2. The fourth-order valence-electron chi connectivity index (χ4n) is 3.70. The molecule has 2 heterocycles. The fraction of sp³-hybridized carbons (Fsp3) is 0.292. The van der Waals surface area contributed by atoms with Gasteiger partial charge in [-0.1, -0.05) is 49.9 Å². The highest BCUT2D eigenvalue weighted by atomic mass is 32.2. The van der Waals surface area contributed by atoms with Crippen molar-refractivity contribution in [3.63, 3.8) is 0 Å². The topological polar surface area (TPSA) is 68.3 Å². The smallest absolute Gasteiger partial charge is 0.243 e. The molecule has 0 unspecified atom stereocenters. The molecule has 0 spiro atoms. The molecule has 0 atom stereocenters. The molecule has 0 fully saturated rings. The Morgan fingerprint density at radius 2 is 1.84 bits per heavy atom. The van der Waals surface area contributed by atoms with E-state index >= 15 is 0 Å². The summed E-state index contributed by atoms with van der Waals surface area (Å²) in [4.78, 5) is 5.09. The first kappa shape index (κ1) is 22.6. The van der Waals surface area contributed by atoms with Crippen LogP contribution in [0.4, 0.5) is 0 Å². The standard InChI is InChI=1S/C24H27N3O3S2/c1-4-26(5-2)32(28,29)21-12-13-23-22(15-21)25-24(27(23)16-20-11-8-14-30-20)31-17-19-10-7-6-9-18(19)3/h6-15H,4-5,16-17H2,1-3H3. The Labute approximate surface area is 193 Å². The molecule has 8 heteroatoms. The van der Waals surface area contributed by atoms with E-state index in [-0.39, 0.29) is 4.90 Å². The number of nitrogens with zero attached hydrogens (tertiary/aromatic N) is 3. The Morgan fingerprint density at radius 3 is 2.53 bits per heavy atom. The minimum Gasteiger partial charge on any atom is -0.467 e. The highest BCUT2D eigenvalue weighted by Gasteiger charge is 2.23. The van der Waals surface area contributed by atoms with Gasteiger partial charge in [0.1, 0.15) is 5.76 Å². The molecule has 4 aromatic rings. The van der Waals surface area contributed by atoms with Gasteiger partial charge in [-0.2, -0.15) is 4.31 Å². The van der Waals surface area contributed by atoms with E-state index in [1.165, 1.54) is 15.4 Å². The maximum Gasteiger partial charge on any atom is 0.243 e. The molecule has 0 radical (unpaired) electrons. The number of hydrogen-bond acceptors (Lipinski definition) is 5. The van der Waals surface area contributed by atoms with Crippen LogP contribution >= 0.6 is 11.8 Å². The lowest BCUT2D eigenvalue weighted by Crippen LogP contribution is -2.30. The number of sulfonamides is 1. The van der Waals surface area contributed by atoms with Crippen molar-refractivity contribution in [1.82, 2.24) is 13.9 Å². The van der Waals surface area contributed by atoms with Crippen molar-refractivity contribution < 1.29 is 12.8 Å². The lowest BCUT2D eigenvalue weighted by atomic mass is 10.1. The molecule has 4 rings (SSSR count). The Balaban J connectivity index is 1.74. The summed E-state index contributed by atoms with van der Waals surface area (Å²) in [7, 11) is -3.55. The number of aryl methyl sites for hydroxylation is 1. The van der Waals surface area contributed by atoms with Crippen molar-refractivity contribution >= 4 is 32.8 Å². The predicted octanol–water partition coefficient (Wildman–Crippen LogP) is 5.31. The van der Waals surface area contributed by atoms with Gasteiger partial charge in [0.2, 0.25) is 10.0 Å². The van der Waals surface area contributed by atoms with Crippen LogP contribution in [0.5, 0.6) is 0 Å². The first-order chi connectivity index (χ1) is 15.4. The Kier molecular flexibility index (Phi) is 6.74. The highest BCUT2D eigenvalue weighted by Crippen LogP contribution is 2.30. The van der Waals surface area contributed by atoms with E-state index < -0.39 is 10.0 Å². The van der Waals surface area contributed by atoms with Crippen LogP contribution in [-0.4, -0.2) is 35.4 Å². The third-order valence-electron chi connectivity index (χ3n) is 5.54. The maximum absolute atomic E-state index is 13.0. The molecule has 0 saturated carbocycles. The van der Waals surface area contributed by atoms with Crippen LogP contribution in [-0.2, 0) is 22.3 Å². The summed E-state index contributed by atoms with van der Waals surface area (Å²) in [6, 6.07) is 17.3. The lowest BCUT2D eigenvalue weighted by molar-refractivity contribution is 0.445. The van der Waals surface area contributed by atoms with Crippen molar-refractivity contribution in [2.24, 2.45) is 0 Å². The summed E-state index contributed by atoms with van der Waals surface area (Å²) in [5.74, 6) is 1.60. The van der Waals surface area contributed by atoms with Gasteiger partial charge in [0.05, 0.1) is 28.7 Å². The van der Waals surface area contributed by atoms with Gasteiger partial charge in [-0.15, -0.1) is 0 Å². The molecule has 2 aromatic heterocycles. The zero-order valence-electron chi connectivity index (χ0n) is 18.5. The quantitative estimate of drug-likeness (QED) is 0.311. The van der Waals surface area contributed by atoms with Gasteiger partial charge in [-0.3, -0.25) is 0 Å². The summed E-state index contributed by atoms with van der Waals surface area (Å²) in [5.41, 5.74) is 4.03. The number of benzene rings is 2. The zero-order valence-corrected chi connectivity index (χ0v) is 20.1. The minimum atomic E-state index is -3.55. The Morgan fingerprint density at radius 1 is 1.06 bits per heavy atom. The normalized spacial score (nSPS) is 12.1. The molecule has 0 aliphatic carbocycles. The molecule has 32 heavy (non-hydrogen) atoms. The number of furan rings is 1. The highest BCUT2D eigenvalue weighted by molar-refractivity contribution is 7.98. The summed E-state index contributed by atoms with van der Waals surface area (Å²) in [6.07, 6.45) is 1.66. The van der Waals surface area contributed by atoms with Gasteiger partial charge >= 0.3 is 0 Å². The van der Waals surface area contributed by atoms with Gasteiger partial charge in [-0.05, 0) is 48.4 Å². The fourth-order valence-corrected chi connectivity index (χ4v) is 6.26. The van der Waals surface area contributed by atoms with Crippen LogP contribution < -0.4 is 0 Å². The second-order valence-electron chi connectivity index (χ2n) is 7.51. The van der Waals surface area contributed by atoms with Gasteiger partial charge in [0, 0.05) is 18.8 Å². The molecule has 2 aromatic carbocycles. The number of thioether (sulfide) groups is 1. The first-order valence-electron chi connectivity index (χ1n) is 10.6. The Hall–Kier alpha value is -2.55. The number of imidazole rings is 1. The van der Waals surface area contributed by atoms with Gasteiger partial charge in [0.25, 0.3) is 0 Å². The summed E-state index contributed by atoms with van der Waals surface area (Å²) in [6.45, 7) is 7.19. The Bertz CT molecular complexity index is 1310. The average Bonchev–Trinajstić information content (AvgIpc) is 3.42. The van der Waals surface area contributed by atoms with E-state index in [1.54, 1.807) is 30.2 Å². The van der Waals surface area contributed by atoms with Crippen molar-refractivity contribution in [3.8, 4) is 0 Å². The lowest BCUT2D eigenvalue weighted by Gasteiger charge is -2.18. The van der Waals surface area contributed by atoms with E-state index in [1.807, 2.05) is 44.2 Å². The van der Waals surface area contributed by atoms with E-state index in [0.29, 0.717) is 25.2 Å². The molecule has 0 aliphatic heterocycles. The first-order valence-corrected chi connectivity index (χ1v) is 13.1. The van der Waals surface area contributed by atoms with Gasteiger partial charge in [0.15, 0.2) is 5.16 Å². The number of rotatable bonds is 9. The van der Waals surface area contributed by atoms with Crippen LogP contribution in [0.15, 0.2) is 75.3 Å². The minimum absolute atomic E-state index is 0.270. The monoisotopic (exact) mass is 469 g/mol. The third-order valence-corrected chi connectivity index (χ3v) is 8.61. The third kappa shape index (κ3) is 4.48. The van der Waals surface area contributed by atoms with Crippen molar-refractivity contribution in [3.05, 3.63) is 77.7 Å². The molecule has 0 N–H and O–H groups in total. The SMILES string of the molecule is CCN(CC)S(=O)(=O)c1ccc2c(c1)nc(SCc1ccccc1C)n2Cc1ccco1. The van der Waals surface area contributed by atoms with E-state index in [2.05, 4.69) is 23.6 Å². The van der Waals surface area contributed by atoms with Crippen molar-refractivity contribution in [1.29, 1.82) is 0 Å². The van der Waals surface area contributed by atoms with Crippen LogP contribution in [0.25, 0.3) is 11.0 Å². The predicted molar refractivity (Wildman–Crippen MR) is 128 cm³/mol. The second-order valence-corrected chi connectivity index (χ2v) is 10.4. The van der Waals surface area contributed by atoms with Crippen LogP contribution in [0.3, 0.4) is 0 Å². The summed E-state index contributed by atoms with van der Waals surface area (Å²) in [5, 5.41) is 0.831. The molecule has 0 aliphatic rings. The molecule has 0 saturated heterocycles. The summed E-state index contributed by atoms with van der Waals surface area (Å²) < 4.78 is 35.1. The largest absolute Gasteiger partial charge is 0.467 e. The summed E-state index contributed by atoms with van der Waals surface area (Å²) >= 11 is 1.64. The average molecular weight is 470 g/mol. The molecule has 0 bridgehead atoms. The second kappa shape index (κ2) is 9.52. The molecule has 168 valence electrons. The molecular weight excluding hydrogens is 442 g/mol. The number of hydrogen-bond donors (Lipinski definition) is 0. The van der Waals surface area contributed by atoms with Gasteiger partial charge < -0.3 is 8.98 Å². The van der Waals surface area contributed by atoms with Gasteiger partial charge in [-0.25, -0.2) is 13.4 Å². The maximum atomic E-state index is 13.0. The van der Waals surface area contributed by atoms with Crippen molar-refractivity contribution in [2.45, 2.75) is 43.1 Å². The number of fused-ring (bicyclic) bond motifs is 1. The number of aromatic nitrogens is 2. The molecule has 0 amide bonds. The van der Waals surface area contributed by atoms with E-state index in [4.69, 9.17) is 9.40 Å². The molecule has 6 nitrogen and oxygen atoms in total.